The van der Waals surface area contributed by atoms with Gasteiger partial charge in [0.1, 0.15) is 5.69 Å². The normalized spacial score (nSPS) is 12.1. The number of allylic oxidation sites excluding steroid dienone is 1. The second-order valence-electron chi connectivity index (χ2n) is 4.11. The van der Waals surface area contributed by atoms with Crippen LogP contribution < -0.4 is 5.43 Å². The highest BCUT2D eigenvalue weighted by atomic mass is 16.6. The van der Waals surface area contributed by atoms with Crippen molar-refractivity contribution in [2.24, 2.45) is 11.0 Å². The summed E-state index contributed by atoms with van der Waals surface area (Å²) in [5, 5.41) is 25.3. The lowest BCUT2D eigenvalue weighted by Crippen LogP contribution is -2.00. The molecule has 1 rings (SSSR count). The molecule has 0 saturated carbocycles. The highest BCUT2D eigenvalue weighted by molar-refractivity contribution is 5.68. The van der Waals surface area contributed by atoms with Gasteiger partial charge in [-0.2, -0.15) is 5.10 Å². The lowest BCUT2D eigenvalue weighted by Gasteiger charge is -2.03. The molecule has 1 aromatic carbocycles. The van der Waals surface area contributed by atoms with Crippen molar-refractivity contribution in [3.8, 4) is 0 Å². The molecule has 0 spiro atoms. The number of hydrazone groups is 1. The number of hydrogen-bond donors (Lipinski definition) is 1. The first-order valence-electron chi connectivity index (χ1n) is 5.78. The topological polar surface area (TPSA) is 111 Å². The van der Waals surface area contributed by atoms with E-state index in [1.807, 2.05) is 6.92 Å². The van der Waals surface area contributed by atoms with Gasteiger partial charge >= 0.3 is 5.69 Å². The van der Waals surface area contributed by atoms with Crippen LogP contribution in [0.4, 0.5) is 17.1 Å². The molecule has 0 aromatic heterocycles. The molecule has 1 N–H and O–H groups in total. The molecule has 0 bridgehead atoms. The number of non-ortho nitro benzene ring substituents is 1. The van der Waals surface area contributed by atoms with Crippen LogP contribution >= 0.6 is 0 Å². The SMILES string of the molecule is C=CCC(C)C=NNc1ccc([N+](=O)[O-])cc1[N+](=O)[O-]. The molecule has 1 aromatic rings. The van der Waals surface area contributed by atoms with Crippen molar-refractivity contribution in [2.75, 3.05) is 5.43 Å². The standard InChI is InChI=1S/C12H14N4O4/c1-3-4-9(2)8-13-14-11-6-5-10(15(17)18)7-12(11)16(19)20/h3,5-9,14H,1,4H2,2H3. The van der Waals surface area contributed by atoms with E-state index in [1.54, 1.807) is 12.3 Å². The third kappa shape index (κ3) is 4.16. The average molecular weight is 278 g/mol. The number of rotatable bonds is 7. The third-order valence-corrected chi connectivity index (χ3v) is 2.44. The summed E-state index contributed by atoms with van der Waals surface area (Å²) in [4.78, 5) is 20.1. The quantitative estimate of drug-likeness (QED) is 0.356. The Morgan fingerprint density at radius 2 is 2.10 bits per heavy atom. The maximum atomic E-state index is 10.9. The van der Waals surface area contributed by atoms with Gasteiger partial charge in [0.2, 0.25) is 0 Å². The Labute approximate surface area is 115 Å². The maximum Gasteiger partial charge on any atom is 0.301 e. The number of anilines is 1. The Morgan fingerprint density at radius 3 is 2.65 bits per heavy atom. The van der Waals surface area contributed by atoms with Gasteiger partial charge in [-0.25, -0.2) is 0 Å². The molecule has 8 heteroatoms. The molecule has 0 heterocycles. The van der Waals surface area contributed by atoms with E-state index in [2.05, 4.69) is 17.1 Å². The molecule has 0 aliphatic rings. The van der Waals surface area contributed by atoms with E-state index in [-0.39, 0.29) is 17.3 Å². The van der Waals surface area contributed by atoms with E-state index in [9.17, 15) is 20.2 Å². The molecule has 0 amide bonds. The van der Waals surface area contributed by atoms with Gasteiger partial charge in [-0.3, -0.25) is 25.7 Å². The van der Waals surface area contributed by atoms with Gasteiger partial charge in [0.05, 0.1) is 15.9 Å². The predicted molar refractivity (Wildman–Crippen MR) is 75.8 cm³/mol. The number of benzene rings is 1. The molecule has 106 valence electrons. The van der Waals surface area contributed by atoms with Crippen LogP contribution in [0.2, 0.25) is 0 Å². The largest absolute Gasteiger partial charge is 0.301 e. The molecule has 0 aliphatic carbocycles. The number of nitrogens with zero attached hydrogens (tertiary/aromatic N) is 3. The van der Waals surface area contributed by atoms with E-state index in [1.165, 1.54) is 12.1 Å². The van der Waals surface area contributed by atoms with Crippen molar-refractivity contribution >= 4 is 23.3 Å². The Bertz CT molecular complexity index is 556. The molecule has 1 unspecified atom stereocenters. The van der Waals surface area contributed by atoms with Gasteiger partial charge < -0.3 is 0 Å². The highest BCUT2D eigenvalue weighted by Crippen LogP contribution is 2.28. The minimum absolute atomic E-state index is 0.0997. The number of nitro groups is 2. The van der Waals surface area contributed by atoms with Crippen LogP contribution in [0.3, 0.4) is 0 Å². The Hall–Kier alpha value is -2.77. The zero-order valence-electron chi connectivity index (χ0n) is 10.9. The van der Waals surface area contributed by atoms with Crippen molar-refractivity contribution in [1.29, 1.82) is 0 Å². The molecule has 1 atom stereocenters. The molecule has 0 aliphatic heterocycles. The summed E-state index contributed by atoms with van der Waals surface area (Å²) in [6.07, 6.45) is 4.06. The fraction of sp³-hybridized carbons (Fsp3) is 0.250. The smallest absolute Gasteiger partial charge is 0.272 e. The van der Waals surface area contributed by atoms with Crippen LogP contribution in [0.5, 0.6) is 0 Å². The minimum Gasteiger partial charge on any atom is -0.272 e. The van der Waals surface area contributed by atoms with Gasteiger partial charge in [0, 0.05) is 12.3 Å². The monoisotopic (exact) mass is 278 g/mol. The van der Waals surface area contributed by atoms with Crippen LogP contribution in [0, 0.1) is 26.1 Å². The van der Waals surface area contributed by atoms with Crippen molar-refractivity contribution in [1.82, 2.24) is 0 Å². The van der Waals surface area contributed by atoms with Crippen LogP contribution in [-0.4, -0.2) is 16.1 Å². The Kier molecular flexibility index (Phi) is 5.33. The fourth-order valence-electron chi connectivity index (χ4n) is 1.44. The molecular weight excluding hydrogens is 264 g/mol. The zero-order chi connectivity index (χ0) is 15.1. The predicted octanol–water partition coefficient (Wildman–Crippen LogP) is 3.11. The van der Waals surface area contributed by atoms with Crippen LogP contribution in [-0.2, 0) is 0 Å². The second kappa shape index (κ2) is 6.98. The summed E-state index contributed by atoms with van der Waals surface area (Å²) in [6, 6.07) is 3.33. The van der Waals surface area contributed by atoms with Gasteiger partial charge in [-0.05, 0) is 18.4 Å². The molecule has 8 nitrogen and oxygen atoms in total. The van der Waals surface area contributed by atoms with E-state index < -0.39 is 15.5 Å². The first-order valence-corrected chi connectivity index (χ1v) is 5.78. The summed E-state index contributed by atoms with van der Waals surface area (Å²) in [6.45, 7) is 5.51. The summed E-state index contributed by atoms with van der Waals surface area (Å²) in [5.74, 6) is 0.136. The van der Waals surface area contributed by atoms with E-state index >= 15 is 0 Å². The summed E-state index contributed by atoms with van der Waals surface area (Å²) in [5.41, 5.74) is 1.88. The van der Waals surface area contributed by atoms with Crippen molar-refractivity contribution in [3.63, 3.8) is 0 Å². The molecule has 0 fully saturated rings. The van der Waals surface area contributed by atoms with Gasteiger partial charge in [-0.1, -0.05) is 13.0 Å². The lowest BCUT2D eigenvalue weighted by atomic mass is 10.1. The Balaban J connectivity index is 2.92. The molecule has 0 saturated heterocycles. The minimum atomic E-state index is -0.696. The van der Waals surface area contributed by atoms with Crippen molar-refractivity contribution in [3.05, 3.63) is 51.1 Å². The zero-order valence-corrected chi connectivity index (χ0v) is 10.9. The molecule has 20 heavy (non-hydrogen) atoms. The summed E-state index contributed by atoms with van der Waals surface area (Å²) >= 11 is 0. The van der Waals surface area contributed by atoms with Crippen molar-refractivity contribution in [2.45, 2.75) is 13.3 Å². The van der Waals surface area contributed by atoms with Crippen LogP contribution in [0.1, 0.15) is 13.3 Å². The van der Waals surface area contributed by atoms with Gasteiger partial charge in [0.15, 0.2) is 0 Å². The third-order valence-electron chi connectivity index (χ3n) is 2.44. The lowest BCUT2D eigenvalue weighted by molar-refractivity contribution is -0.393. The molecular formula is C12H14N4O4. The van der Waals surface area contributed by atoms with Gasteiger partial charge in [0.25, 0.3) is 5.69 Å². The Morgan fingerprint density at radius 1 is 1.40 bits per heavy atom. The number of nitrogens with one attached hydrogen (secondary N) is 1. The van der Waals surface area contributed by atoms with E-state index in [4.69, 9.17) is 0 Å². The van der Waals surface area contributed by atoms with Crippen LogP contribution in [0.15, 0.2) is 36.0 Å². The average Bonchev–Trinajstić information content (AvgIpc) is 2.38. The summed E-state index contributed by atoms with van der Waals surface area (Å²) < 4.78 is 0. The van der Waals surface area contributed by atoms with Gasteiger partial charge in [-0.15, -0.1) is 6.58 Å². The van der Waals surface area contributed by atoms with E-state index in [0.717, 1.165) is 12.5 Å². The highest BCUT2D eigenvalue weighted by Gasteiger charge is 2.18. The fourth-order valence-corrected chi connectivity index (χ4v) is 1.44. The first-order chi connectivity index (χ1) is 9.45. The van der Waals surface area contributed by atoms with Crippen LogP contribution in [0.25, 0.3) is 0 Å². The first kappa shape index (κ1) is 15.3. The maximum absolute atomic E-state index is 10.9. The van der Waals surface area contributed by atoms with Crippen molar-refractivity contribution < 1.29 is 9.85 Å². The van der Waals surface area contributed by atoms with E-state index in [0.29, 0.717) is 0 Å². The molecule has 0 radical (unpaired) electrons. The summed E-state index contributed by atoms with van der Waals surface area (Å²) in [7, 11) is 0. The second-order valence-corrected chi connectivity index (χ2v) is 4.11. The number of hydrogen-bond acceptors (Lipinski definition) is 6. The number of nitro benzene ring substituents is 2.